The number of carbonyl (C=O) groups is 4. The van der Waals surface area contributed by atoms with Crippen molar-refractivity contribution < 1.29 is 37.8 Å². The number of rotatable bonds is 6. The zero-order chi connectivity index (χ0) is 20.9. The molecule has 0 saturated carbocycles. The van der Waals surface area contributed by atoms with Gasteiger partial charge in [0.15, 0.2) is 17.9 Å². The van der Waals surface area contributed by atoms with E-state index in [0.29, 0.717) is 6.42 Å². The predicted octanol–water partition coefficient (Wildman–Crippen LogP) is 3.48. The molecule has 1 unspecified atom stereocenters. The van der Waals surface area contributed by atoms with Crippen molar-refractivity contribution in [3.8, 4) is 5.75 Å². The van der Waals surface area contributed by atoms with E-state index in [1.807, 2.05) is 34.6 Å². The van der Waals surface area contributed by atoms with Crippen LogP contribution in [0.1, 0.15) is 68.2 Å². The molecule has 1 atom stereocenters. The van der Waals surface area contributed by atoms with E-state index >= 15 is 0 Å². The molecule has 0 amide bonds. The number of carbonyl (C=O) groups excluding carboxylic acids is 4. The molecule has 2 aromatic heterocycles. The van der Waals surface area contributed by atoms with Crippen molar-refractivity contribution in [1.29, 1.82) is 0 Å². The highest BCUT2D eigenvalue weighted by Crippen LogP contribution is 2.43. The van der Waals surface area contributed by atoms with Crippen molar-refractivity contribution in [2.45, 2.75) is 47.5 Å². The zero-order valence-corrected chi connectivity index (χ0v) is 16.5. The van der Waals surface area contributed by atoms with Gasteiger partial charge < -0.3 is 18.6 Å². The van der Waals surface area contributed by atoms with Crippen LogP contribution in [0.15, 0.2) is 10.5 Å². The van der Waals surface area contributed by atoms with Gasteiger partial charge in [-0.1, -0.05) is 34.1 Å². The Bertz CT molecular complexity index is 961. The Morgan fingerprint density at radius 2 is 1.71 bits per heavy atom. The van der Waals surface area contributed by atoms with Gasteiger partial charge in [-0.2, -0.15) is 0 Å². The first-order valence-electron chi connectivity index (χ1n) is 9.03. The molecular formula is C20H22O8. The Kier molecular flexibility index (Phi) is 4.69. The molecule has 0 fully saturated rings. The summed E-state index contributed by atoms with van der Waals surface area (Å²) in [6.45, 7) is 9.05. The molecule has 3 rings (SSSR count). The first-order chi connectivity index (χ1) is 13.0. The first kappa shape index (κ1) is 19.9. The van der Waals surface area contributed by atoms with E-state index in [2.05, 4.69) is 4.74 Å². The van der Waals surface area contributed by atoms with Crippen molar-refractivity contribution in [3.63, 3.8) is 0 Å². The van der Waals surface area contributed by atoms with Gasteiger partial charge in [-0.15, -0.1) is 0 Å². The molecule has 8 heteroatoms. The number of hydrogen-bond acceptors (Lipinski definition) is 8. The summed E-state index contributed by atoms with van der Waals surface area (Å²) in [6.07, 6.45) is 1.41. The number of furan rings is 2. The number of ether oxygens (including phenoxy) is 3. The van der Waals surface area contributed by atoms with Crippen molar-refractivity contribution in [2.75, 3.05) is 6.61 Å². The van der Waals surface area contributed by atoms with Gasteiger partial charge in [0.2, 0.25) is 0 Å². The number of cyclic esters (lactones) is 2. The van der Waals surface area contributed by atoms with Crippen LogP contribution in [0.3, 0.4) is 0 Å². The highest BCUT2D eigenvalue weighted by Gasteiger charge is 2.45. The monoisotopic (exact) mass is 390 g/mol. The molecule has 2 bridgehead atoms. The Labute approximate surface area is 161 Å². The number of benzene rings is 1. The molecule has 28 heavy (non-hydrogen) atoms. The van der Waals surface area contributed by atoms with Crippen LogP contribution in [0, 0.1) is 10.8 Å². The number of fused-ring (bicyclic) bond motifs is 5. The minimum atomic E-state index is -0.849. The van der Waals surface area contributed by atoms with E-state index in [0.717, 1.165) is 6.42 Å². The highest BCUT2D eigenvalue weighted by atomic mass is 16.6. The van der Waals surface area contributed by atoms with E-state index in [1.54, 1.807) is 0 Å². The van der Waals surface area contributed by atoms with E-state index in [4.69, 9.17) is 13.9 Å². The summed E-state index contributed by atoms with van der Waals surface area (Å²) in [6, 6.07) is 1.32. The molecule has 0 spiro atoms. The average Bonchev–Trinajstić information content (AvgIpc) is 3.24. The van der Waals surface area contributed by atoms with Gasteiger partial charge in [-0.05, 0) is 18.8 Å². The predicted molar refractivity (Wildman–Crippen MR) is 96.2 cm³/mol. The molecule has 0 saturated heterocycles. The SMILES string of the molecule is CCCC(C)(C(=O)OCC(=O)Oc1cc2oc1c1c2C(=O)OC1=O)C(C)(C)C. The second-order valence-electron chi connectivity index (χ2n) is 8.11. The van der Waals surface area contributed by atoms with Crippen LogP contribution in [0.5, 0.6) is 5.75 Å². The lowest BCUT2D eigenvalue weighted by atomic mass is 9.65. The van der Waals surface area contributed by atoms with E-state index < -0.39 is 35.9 Å². The summed E-state index contributed by atoms with van der Waals surface area (Å²) in [7, 11) is 0. The summed E-state index contributed by atoms with van der Waals surface area (Å²) >= 11 is 0. The molecule has 0 radical (unpaired) electrons. The van der Waals surface area contributed by atoms with E-state index in [9.17, 15) is 19.2 Å². The molecule has 2 aromatic rings. The fourth-order valence-corrected chi connectivity index (χ4v) is 3.29. The summed E-state index contributed by atoms with van der Waals surface area (Å²) in [5.74, 6) is -2.96. The first-order valence-corrected chi connectivity index (χ1v) is 9.03. The van der Waals surface area contributed by atoms with Crippen molar-refractivity contribution in [2.24, 2.45) is 10.8 Å². The van der Waals surface area contributed by atoms with Gasteiger partial charge in [0.1, 0.15) is 16.7 Å². The normalized spacial score (nSPS) is 16.0. The summed E-state index contributed by atoms with van der Waals surface area (Å²) in [4.78, 5) is 48.0. The van der Waals surface area contributed by atoms with Crippen LogP contribution in [0.25, 0.3) is 11.2 Å². The van der Waals surface area contributed by atoms with Gasteiger partial charge in [0.25, 0.3) is 0 Å². The van der Waals surface area contributed by atoms with Crippen LogP contribution in [0.2, 0.25) is 0 Å². The van der Waals surface area contributed by atoms with Gasteiger partial charge in [-0.3, -0.25) is 4.79 Å². The van der Waals surface area contributed by atoms with Crippen LogP contribution >= 0.6 is 0 Å². The van der Waals surface area contributed by atoms with Crippen LogP contribution in [-0.2, 0) is 19.1 Å². The number of esters is 4. The Balaban J connectivity index is 1.68. The molecule has 3 heterocycles. The summed E-state index contributed by atoms with van der Waals surface area (Å²) in [5.41, 5.74) is -1.06. The number of hydrogen-bond donors (Lipinski definition) is 0. The van der Waals surface area contributed by atoms with Crippen LogP contribution < -0.4 is 4.74 Å². The minimum absolute atomic E-state index is 0.0198. The Hall–Kier alpha value is -2.90. The molecule has 0 N–H and O–H groups in total. The van der Waals surface area contributed by atoms with Crippen LogP contribution in [-0.4, -0.2) is 30.5 Å². The smallest absolute Gasteiger partial charge is 0.351 e. The molecule has 1 aliphatic rings. The zero-order valence-electron chi connectivity index (χ0n) is 16.5. The molecule has 0 aliphatic carbocycles. The summed E-state index contributed by atoms with van der Waals surface area (Å²) < 4.78 is 20.2. The lowest BCUT2D eigenvalue weighted by Crippen LogP contribution is -2.42. The molecule has 150 valence electrons. The fourth-order valence-electron chi connectivity index (χ4n) is 3.29. The van der Waals surface area contributed by atoms with Crippen molar-refractivity contribution in [1.82, 2.24) is 0 Å². The van der Waals surface area contributed by atoms with Crippen molar-refractivity contribution >= 4 is 35.0 Å². The molecule has 0 aromatic carbocycles. The summed E-state index contributed by atoms with van der Waals surface area (Å²) in [5, 5.41) is 0. The molecular weight excluding hydrogens is 368 g/mol. The minimum Gasteiger partial charge on any atom is -0.453 e. The topological polar surface area (TPSA) is 109 Å². The highest BCUT2D eigenvalue weighted by molar-refractivity contribution is 6.23. The quantitative estimate of drug-likeness (QED) is 0.419. The second kappa shape index (κ2) is 6.61. The Morgan fingerprint density at radius 3 is 2.32 bits per heavy atom. The van der Waals surface area contributed by atoms with E-state index in [1.165, 1.54) is 6.07 Å². The van der Waals surface area contributed by atoms with Gasteiger partial charge in [0, 0.05) is 6.07 Å². The molecule has 1 aliphatic heterocycles. The third-order valence-electron chi connectivity index (χ3n) is 5.42. The second-order valence-corrected chi connectivity index (χ2v) is 8.11. The maximum Gasteiger partial charge on any atom is 0.351 e. The van der Waals surface area contributed by atoms with Gasteiger partial charge >= 0.3 is 23.9 Å². The largest absolute Gasteiger partial charge is 0.453 e. The maximum absolute atomic E-state index is 12.6. The standard InChI is InChI=1S/C20H22O8/c1-6-7-20(5,19(2,3)4)18(24)25-9-12(21)26-11-8-10-13-14(15(11)27-10)17(23)28-16(13)22/h8H,6-7,9H2,1-5H3. The Morgan fingerprint density at radius 1 is 1.07 bits per heavy atom. The van der Waals surface area contributed by atoms with E-state index in [-0.39, 0.29) is 33.5 Å². The van der Waals surface area contributed by atoms with Gasteiger partial charge in [-0.25, -0.2) is 14.4 Å². The fraction of sp³-hybridized carbons (Fsp3) is 0.500. The maximum atomic E-state index is 12.6. The molecule has 8 nitrogen and oxygen atoms in total. The van der Waals surface area contributed by atoms with Gasteiger partial charge in [0.05, 0.1) is 5.41 Å². The lowest BCUT2D eigenvalue weighted by molar-refractivity contribution is -0.167. The third kappa shape index (κ3) is 3.02. The lowest BCUT2D eigenvalue weighted by Gasteiger charge is -2.39. The average molecular weight is 390 g/mol. The van der Waals surface area contributed by atoms with Crippen LogP contribution in [0.4, 0.5) is 0 Å². The third-order valence-corrected chi connectivity index (χ3v) is 5.42. The van der Waals surface area contributed by atoms with Crippen molar-refractivity contribution in [3.05, 3.63) is 17.2 Å².